The predicted octanol–water partition coefficient (Wildman–Crippen LogP) is 2.02. The van der Waals surface area contributed by atoms with Crippen molar-refractivity contribution in [2.45, 2.75) is 19.8 Å². The number of benzene rings is 1. The molecule has 0 bridgehead atoms. The van der Waals surface area contributed by atoms with Crippen molar-refractivity contribution in [1.29, 1.82) is 0 Å². The lowest BCUT2D eigenvalue weighted by molar-refractivity contribution is -0.120. The Labute approximate surface area is 95.8 Å². The van der Waals surface area contributed by atoms with Crippen LogP contribution in [-0.2, 0) is 11.2 Å². The molecule has 0 fully saturated rings. The fourth-order valence-corrected chi connectivity index (χ4v) is 1.31. The summed E-state index contributed by atoms with van der Waals surface area (Å²) in [5, 5.41) is 12.2. The number of carbonyl (C=O) groups is 1. The van der Waals surface area contributed by atoms with E-state index in [1.165, 1.54) is 0 Å². The average Bonchev–Trinajstić information content (AvgIpc) is 2.25. The fourth-order valence-electron chi connectivity index (χ4n) is 1.31. The number of amides is 1. The fraction of sp³-hybridized carbons (Fsp3) is 0.308. The molecule has 0 saturated carbocycles. The summed E-state index contributed by atoms with van der Waals surface area (Å²) in [7, 11) is 0. The lowest BCUT2D eigenvalue weighted by Gasteiger charge is -2.05. The predicted molar refractivity (Wildman–Crippen MR) is 64.3 cm³/mol. The van der Waals surface area contributed by atoms with Crippen molar-refractivity contribution >= 4 is 5.91 Å². The first-order valence-corrected chi connectivity index (χ1v) is 5.27. The number of carbonyl (C=O) groups excluding carboxylic acids is 1. The van der Waals surface area contributed by atoms with Crippen LogP contribution in [0.1, 0.15) is 18.9 Å². The first kappa shape index (κ1) is 12.3. The molecule has 0 aromatic heterocycles. The second-order valence-electron chi connectivity index (χ2n) is 3.86. The maximum Gasteiger partial charge on any atom is 0.220 e. The molecule has 16 heavy (non-hydrogen) atoms. The molecule has 2 N–H and O–H groups in total. The average molecular weight is 219 g/mol. The van der Waals surface area contributed by atoms with Crippen LogP contribution in [0.3, 0.4) is 0 Å². The molecular weight excluding hydrogens is 202 g/mol. The second-order valence-corrected chi connectivity index (χ2v) is 3.86. The molecule has 1 rings (SSSR count). The maximum atomic E-state index is 11.4. The summed E-state index contributed by atoms with van der Waals surface area (Å²) in [6.45, 7) is 6.08. The molecule has 0 saturated heterocycles. The largest absolute Gasteiger partial charge is 0.508 e. The van der Waals surface area contributed by atoms with Crippen LogP contribution in [0.2, 0.25) is 0 Å². The van der Waals surface area contributed by atoms with Gasteiger partial charge in [0.15, 0.2) is 0 Å². The van der Waals surface area contributed by atoms with E-state index in [1.54, 1.807) is 12.1 Å². The van der Waals surface area contributed by atoms with Gasteiger partial charge in [0.1, 0.15) is 5.75 Å². The summed E-state index contributed by atoms with van der Waals surface area (Å²) in [6.07, 6.45) is 0.930. The molecule has 0 unspecified atom stereocenters. The van der Waals surface area contributed by atoms with Gasteiger partial charge in [-0.3, -0.25) is 4.79 Å². The van der Waals surface area contributed by atoms with Gasteiger partial charge >= 0.3 is 0 Å². The molecule has 1 aromatic rings. The van der Waals surface area contributed by atoms with Crippen LogP contribution in [0.15, 0.2) is 36.4 Å². The molecular formula is C13H17NO2. The monoisotopic (exact) mass is 219 g/mol. The SMILES string of the molecule is C=C(C)CNC(=O)CCc1ccccc1O. The van der Waals surface area contributed by atoms with Crippen molar-refractivity contribution in [2.75, 3.05) is 6.54 Å². The Kier molecular flexibility index (Phi) is 4.58. The smallest absolute Gasteiger partial charge is 0.220 e. The van der Waals surface area contributed by atoms with Crippen LogP contribution >= 0.6 is 0 Å². The van der Waals surface area contributed by atoms with E-state index >= 15 is 0 Å². The van der Waals surface area contributed by atoms with Crippen molar-refractivity contribution in [3.8, 4) is 5.75 Å². The molecule has 0 radical (unpaired) electrons. The number of aromatic hydroxyl groups is 1. The number of para-hydroxylation sites is 1. The third-order valence-corrected chi connectivity index (χ3v) is 2.20. The molecule has 86 valence electrons. The third-order valence-electron chi connectivity index (χ3n) is 2.20. The number of hydrogen-bond donors (Lipinski definition) is 2. The van der Waals surface area contributed by atoms with E-state index in [9.17, 15) is 9.90 Å². The minimum Gasteiger partial charge on any atom is -0.508 e. The Hall–Kier alpha value is -1.77. The van der Waals surface area contributed by atoms with Crippen LogP contribution in [0.4, 0.5) is 0 Å². The first-order valence-electron chi connectivity index (χ1n) is 5.27. The molecule has 0 spiro atoms. The highest BCUT2D eigenvalue weighted by Crippen LogP contribution is 2.16. The number of aryl methyl sites for hydroxylation is 1. The molecule has 3 nitrogen and oxygen atoms in total. The Balaban J connectivity index is 2.37. The zero-order valence-corrected chi connectivity index (χ0v) is 9.49. The summed E-state index contributed by atoms with van der Waals surface area (Å²) >= 11 is 0. The molecule has 0 atom stereocenters. The standard InChI is InChI=1S/C13H17NO2/c1-10(2)9-14-13(16)8-7-11-5-3-4-6-12(11)15/h3-6,15H,1,7-9H2,2H3,(H,14,16). The molecule has 1 amide bonds. The lowest BCUT2D eigenvalue weighted by Crippen LogP contribution is -2.24. The van der Waals surface area contributed by atoms with Crippen LogP contribution in [0.25, 0.3) is 0 Å². The minimum atomic E-state index is -0.0220. The number of phenolic OH excluding ortho intramolecular Hbond substituents is 1. The summed E-state index contributed by atoms with van der Waals surface area (Å²) in [5.74, 6) is 0.224. The van der Waals surface area contributed by atoms with E-state index < -0.39 is 0 Å². The van der Waals surface area contributed by atoms with Crippen molar-refractivity contribution in [1.82, 2.24) is 5.32 Å². The van der Waals surface area contributed by atoms with E-state index in [-0.39, 0.29) is 11.7 Å². The normalized spacial score (nSPS) is 9.81. The van der Waals surface area contributed by atoms with Crippen molar-refractivity contribution in [3.05, 3.63) is 42.0 Å². The minimum absolute atomic E-state index is 0.0220. The Morgan fingerprint density at radius 2 is 2.12 bits per heavy atom. The summed E-state index contributed by atoms with van der Waals surface area (Å²) < 4.78 is 0. The Morgan fingerprint density at radius 3 is 2.75 bits per heavy atom. The van der Waals surface area contributed by atoms with E-state index in [0.717, 1.165) is 11.1 Å². The van der Waals surface area contributed by atoms with Crippen LogP contribution in [0, 0.1) is 0 Å². The van der Waals surface area contributed by atoms with E-state index in [0.29, 0.717) is 19.4 Å². The van der Waals surface area contributed by atoms with Gasteiger partial charge in [0, 0.05) is 13.0 Å². The summed E-state index contributed by atoms with van der Waals surface area (Å²) in [6, 6.07) is 7.06. The maximum absolute atomic E-state index is 11.4. The van der Waals surface area contributed by atoms with Crippen molar-refractivity contribution < 1.29 is 9.90 Å². The van der Waals surface area contributed by atoms with E-state index in [4.69, 9.17) is 0 Å². The van der Waals surface area contributed by atoms with Gasteiger partial charge in [-0.1, -0.05) is 30.4 Å². The summed E-state index contributed by atoms with van der Waals surface area (Å²) in [4.78, 5) is 11.4. The highest BCUT2D eigenvalue weighted by atomic mass is 16.3. The van der Waals surface area contributed by atoms with Crippen molar-refractivity contribution in [2.24, 2.45) is 0 Å². The Bertz CT molecular complexity index is 385. The molecule has 3 heteroatoms. The van der Waals surface area contributed by atoms with Gasteiger partial charge in [0.2, 0.25) is 5.91 Å². The highest BCUT2D eigenvalue weighted by Gasteiger charge is 2.04. The zero-order valence-electron chi connectivity index (χ0n) is 9.49. The third kappa shape index (κ3) is 4.17. The van der Waals surface area contributed by atoms with E-state index in [1.807, 2.05) is 19.1 Å². The second kappa shape index (κ2) is 5.95. The molecule has 0 heterocycles. The van der Waals surface area contributed by atoms with Crippen LogP contribution in [-0.4, -0.2) is 17.6 Å². The number of phenols is 1. The molecule has 0 aliphatic heterocycles. The highest BCUT2D eigenvalue weighted by molar-refractivity contribution is 5.76. The molecule has 0 aliphatic rings. The number of hydrogen-bond acceptors (Lipinski definition) is 2. The molecule has 0 aliphatic carbocycles. The van der Waals surface area contributed by atoms with Gasteiger partial charge in [-0.15, -0.1) is 0 Å². The van der Waals surface area contributed by atoms with E-state index in [2.05, 4.69) is 11.9 Å². The topological polar surface area (TPSA) is 49.3 Å². The zero-order chi connectivity index (χ0) is 12.0. The van der Waals surface area contributed by atoms with Gasteiger partial charge in [-0.2, -0.15) is 0 Å². The lowest BCUT2D eigenvalue weighted by atomic mass is 10.1. The first-order chi connectivity index (χ1) is 7.59. The van der Waals surface area contributed by atoms with Gasteiger partial charge in [-0.05, 0) is 25.0 Å². The molecule has 1 aromatic carbocycles. The van der Waals surface area contributed by atoms with Crippen LogP contribution < -0.4 is 5.32 Å². The van der Waals surface area contributed by atoms with Gasteiger partial charge < -0.3 is 10.4 Å². The summed E-state index contributed by atoms with van der Waals surface area (Å²) in [5.41, 5.74) is 1.73. The van der Waals surface area contributed by atoms with Gasteiger partial charge in [0.25, 0.3) is 0 Å². The van der Waals surface area contributed by atoms with Crippen LogP contribution in [0.5, 0.6) is 5.75 Å². The van der Waals surface area contributed by atoms with Gasteiger partial charge in [-0.25, -0.2) is 0 Å². The quantitative estimate of drug-likeness (QED) is 0.744. The Morgan fingerprint density at radius 1 is 1.44 bits per heavy atom. The number of nitrogens with one attached hydrogen (secondary N) is 1. The van der Waals surface area contributed by atoms with Crippen molar-refractivity contribution in [3.63, 3.8) is 0 Å². The van der Waals surface area contributed by atoms with Gasteiger partial charge in [0.05, 0.1) is 0 Å². The number of rotatable bonds is 5.